The predicted octanol–water partition coefficient (Wildman–Crippen LogP) is 6.22. The maximum Gasteiger partial charge on any atom is 0.234 e. The summed E-state index contributed by atoms with van der Waals surface area (Å²) in [7, 11) is 0. The van der Waals surface area contributed by atoms with Gasteiger partial charge in [0, 0.05) is 5.69 Å². The number of thioether (sulfide) groups is 1. The Hall–Kier alpha value is -2.45. The second kappa shape index (κ2) is 9.14. The molecule has 6 nitrogen and oxygen atoms in total. The lowest BCUT2D eigenvalue weighted by atomic mass is 10.3. The fraction of sp³-hybridized carbons (Fsp3) is 0.0500. The first-order chi connectivity index (χ1) is 14.5. The first-order valence-electron chi connectivity index (χ1n) is 8.65. The van der Waals surface area contributed by atoms with Crippen LogP contribution < -0.4 is 5.32 Å². The fourth-order valence-corrected chi connectivity index (χ4v) is 4.02. The van der Waals surface area contributed by atoms with E-state index < -0.39 is 0 Å². The molecule has 2 aromatic carbocycles. The Labute approximate surface area is 191 Å². The van der Waals surface area contributed by atoms with Gasteiger partial charge in [-0.15, -0.1) is 10.2 Å². The van der Waals surface area contributed by atoms with Crippen molar-refractivity contribution in [3.8, 4) is 17.3 Å². The molecule has 30 heavy (non-hydrogen) atoms. The average molecular weight is 480 g/mol. The van der Waals surface area contributed by atoms with Gasteiger partial charge in [-0.1, -0.05) is 64.8 Å². The number of rotatable bonds is 6. The lowest BCUT2D eigenvalue weighted by Gasteiger charge is -2.10. The number of amides is 1. The van der Waals surface area contributed by atoms with E-state index in [0.717, 1.165) is 5.69 Å². The first-order valence-corrected chi connectivity index (χ1v) is 10.8. The number of nitrogens with one attached hydrogen (secondary N) is 1. The topological polar surface area (TPSA) is 73.0 Å². The van der Waals surface area contributed by atoms with E-state index in [1.807, 2.05) is 34.9 Å². The first kappa shape index (κ1) is 20.8. The molecule has 0 aliphatic heterocycles. The van der Waals surface area contributed by atoms with Crippen molar-refractivity contribution in [3.05, 3.63) is 75.9 Å². The van der Waals surface area contributed by atoms with Crippen molar-refractivity contribution in [1.29, 1.82) is 0 Å². The number of nitrogens with zero attached hydrogens (tertiary/aromatic N) is 3. The van der Waals surface area contributed by atoms with Crippen LogP contribution in [0.5, 0.6) is 0 Å². The molecule has 1 amide bonds. The molecule has 0 radical (unpaired) electrons. The highest BCUT2D eigenvalue weighted by Gasteiger charge is 2.19. The minimum Gasteiger partial charge on any atom is -0.461 e. The van der Waals surface area contributed by atoms with Crippen molar-refractivity contribution in [2.45, 2.75) is 5.16 Å². The molecule has 0 spiro atoms. The van der Waals surface area contributed by atoms with Gasteiger partial charge in [0.1, 0.15) is 0 Å². The van der Waals surface area contributed by atoms with E-state index in [1.165, 1.54) is 23.9 Å². The van der Waals surface area contributed by atoms with E-state index in [0.29, 0.717) is 37.5 Å². The van der Waals surface area contributed by atoms with Gasteiger partial charge in [0.05, 0.1) is 32.8 Å². The molecular weight excluding hydrogens is 467 g/mol. The van der Waals surface area contributed by atoms with E-state index in [1.54, 1.807) is 18.4 Å². The zero-order chi connectivity index (χ0) is 21.1. The highest BCUT2D eigenvalue weighted by atomic mass is 35.5. The van der Waals surface area contributed by atoms with Gasteiger partial charge in [0.25, 0.3) is 0 Å². The van der Waals surface area contributed by atoms with E-state index in [-0.39, 0.29) is 11.7 Å². The number of hydrogen-bond acceptors (Lipinski definition) is 5. The summed E-state index contributed by atoms with van der Waals surface area (Å²) in [6.07, 6.45) is 1.57. The van der Waals surface area contributed by atoms with Crippen LogP contribution in [0.1, 0.15) is 0 Å². The molecule has 0 saturated carbocycles. The van der Waals surface area contributed by atoms with Gasteiger partial charge in [-0.2, -0.15) is 0 Å². The van der Waals surface area contributed by atoms with Crippen LogP contribution in [0.25, 0.3) is 17.3 Å². The van der Waals surface area contributed by atoms with Crippen LogP contribution in [0, 0.1) is 0 Å². The van der Waals surface area contributed by atoms with Crippen molar-refractivity contribution < 1.29 is 9.21 Å². The van der Waals surface area contributed by atoms with Crippen LogP contribution in [0.15, 0.2) is 70.4 Å². The van der Waals surface area contributed by atoms with E-state index in [4.69, 9.17) is 39.2 Å². The Bertz CT molecular complexity index is 1180. The second-order valence-electron chi connectivity index (χ2n) is 6.04. The smallest absolute Gasteiger partial charge is 0.234 e. The normalized spacial score (nSPS) is 10.9. The second-order valence-corrected chi connectivity index (χ2v) is 8.20. The molecule has 2 heterocycles. The Kier molecular flexibility index (Phi) is 6.34. The molecule has 2 aromatic heterocycles. The van der Waals surface area contributed by atoms with Crippen LogP contribution in [0.3, 0.4) is 0 Å². The Morgan fingerprint density at radius 3 is 2.50 bits per heavy atom. The molecule has 152 valence electrons. The number of hydrogen-bond donors (Lipinski definition) is 1. The summed E-state index contributed by atoms with van der Waals surface area (Å²) in [6, 6.07) is 16.2. The number of furan rings is 1. The largest absolute Gasteiger partial charge is 0.461 e. The Morgan fingerprint density at radius 2 is 1.77 bits per heavy atom. The van der Waals surface area contributed by atoms with E-state index in [9.17, 15) is 4.79 Å². The maximum atomic E-state index is 12.5. The summed E-state index contributed by atoms with van der Waals surface area (Å²) in [5.41, 5.74) is 1.24. The third-order valence-electron chi connectivity index (χ3n) is 4.01. The van der Waals surface area contributed by atoms with Gasteiger partial charge >= 0.3 is 0 Å². The van der Waals surface area contributed by atoms with Crippen molar-refractivity contribution in [2.24, 2.45) is 0 Å². The van der Waals surface area contributed by atoms with Gasteiger partial charge in [0.15, 0.2) is 10.9 Å². The van der Waals surface area contributed by atoms with E-state index >= 15 is 0 Å². The van der Waals surface area contributed by atoms with Gasteiger partial charge in [0.2, 0.25) is 11.7 Å². The maximum absolute atomic E-state index is 12.5. The summed E-state index contributed by atoms with van der Waals surface area (Å²) in [4.78, 5) is 12.5. The van der Waals surface area contributed by atoms with Crippen molar-refractivity contribution in [3.63, 3.8) is 0 Å². The van der Waals surface area contributed by atoms with Crippen LogP contribution in [0.2, 0.25) is 15.1 Å². The summed E-state index contributed by atoms with van der Waals surface area (Å²) in [5, 5.41) is 12.7. The number of halogens is 3. The average Bonchev–Trinajstić information content (AvgIpc) is 3.40. The molecule has 0 saturated heterocycles. The molecule has 0 fully saturated rings. The molecule has 0 bridgehead atoms. The summed E-state index contributed by atoms with van der Waals surface area (Å²) >= 11 is 19.3. The van der Waals surface area contributed by atoms with Crippen LogP contribution in [0.4, 0.5) is 5.69 Å². The third-order valence-corrected chi connectivity index (χ3v) is 5.97. The molecule has 4 rings (SSSR count). The summed E-state index contributed by atoms with van der Waals surface area (Å²) in [5.74, 6) is 0.925. The molecule has 1 N–H and O–H groups in total. The van der Waals surface area contributed by atoms with Crippen molar-refractivity contribution in [1.82, 2.24) is 14.8 Å². The zero-order valence-electron chi connectivity index (χ0n) is 15.2. The SMILES string of the molecule is O=C(CSc1nnc(-c2ccco2)n1-c1ccccc1)Nc1cc(Cl)c(Cl)cc1Cl. The number of aromatic nitrogens is 3. The number of benzene rings is 2. The monoisotopic (exact) mass is 478 g/mol. The van der Waals surface area contributed by atoms with Crippen LogP contribution in [-0.4, -0.2) is 26.4 Å². The van der Waals surface area contributed by atoms with Crippen LogP contribution >= 0.6 is 46.6 Å². The molecule has 0 unspecified atom stereocenters. The third kappa shape index (κ3) is 4.49. The molecule has 4 aromatic rings. The number of anilines is 1. The van der Waals surface area contributed by atoms with Crippen molar-refractivity contribution >= 4 is 58.2 Å². The molecule has 10 heteroatoms. The molecule has 0 aliphatic carbocycles. The van der Waals surface area contributed by atoms with Gasteiger partial charge in [-0.3, -0.25) is 9.36 Å². The Morgan fingerprint density at radius 1 is 1.00 bits per heavy atom. The summed E-state index contributed by atoms with van der Waals surface area (Å²) < 4.78 is 7.32. The highest BCUT2D eigenvalue weighted by molar-refractivity contribution is 7.99. The van der Waals surface area contributed by atoms with Crippen molar-refractivity contribution in [2.75, 3.05) is 11.1 Å². The number of carbonyl (C=O) groups is 1. The highest BCUT2D eigenvalue weighted by Crippen LogP contribution is 2.33. The molecule has 0 aliphatic rings. The lowest BCUT2D eigenvalue weighted by molar-refractivity contribution is -0.113. The van der Waals surface area contributed by atoms with E-state index in [2.05, 4.69) is 15.5 Å². The summed E-state index contributed by atoms with van der Waals surface area (Å²) in [6.45, 7) is 0. The fourth-order valence-electron chi connectivity index (χ4n) is 2.67. The lowest BCUT2D eigenvalue weighted by Crippen LogP contribution is -2.15. The molecular formula is C20H13Cl3N4O2S. The predicted molar refractivity (Wildman–Crippen MR) is 120 cm³/mol. The van der Waals surface area contributed by atoms with Gasteiger partial charge < -0.3 is 9.73 Å². The zero-order valence-corrected chi connectivity index (χ0v) is 18.3. The minimum atomic E-state index is -0.276. The number of para-hydroxylation sites is 1. The standard InChI is InChI=1S/C20H13Cl3N4O2S/c21-13-9-15(23)16(10-14(13)22)24-18(28)11-30-20-26-25-19(17-7-4-8-29-17)27(20)12-5-2-1-3-6-12/h1-10H,11H2,(H,24,28). The quantitative estimate of drug-likeness (QED) is 0.262. The van der Waals surface area contributed by atoms with Gasteiger partial charge in [-0.05, 0) is 36.4 Å². The van der Waals surface area contributed by atoms with Gasteiger partial charge in [-0.25, -0.2) is 0 Å². The minimum absolute atomic E-state index is 0.0830. The number of carbonyl (C=O) groups excluding carboxylic acids is 1. The molecule has 0 atom stereocenters. The Balaban J connectivity index is 1.55. The van der Waals surface area contributed by atoms with Crippen LogP contribution in [-0.2, 0) is 4.79 Å².